The molecule has 0 saturated heterocycles. The second kappa shape index (κ2) is 8.20. The van der Waals surface area contributed by atoms with Crippen molar-refractivity contribution >= 4 is 23.7 Å². The highest BCUT2D eigenvalue weighted by Crippen LogP contribution is 2.10. The second-order valence-corrected chi connectivity index (χ2v) is 5.20. The van der Waals surface area contributed by atoms with Crippen molar-refractivity contribution in [1.29, 1.82) is 0 Å². The zero-order valence-electron chi connectivity index (χ0n) is 12.2. The molecule has 0 bridgehead atoms. The maximum absolute atomic E-state index is 11.8. The molecule has 0 fully saturated rings. The molecule has 0 aromatic heterocycles. The Morgan fingerprint density at radius 1 is 1.23 bits per heavy atom. The smallest absolute Gasteiger partial charge is 0.261 e. The van der Waals surface area contributed by atoms with Gasteiger partial charge >= 0.3 is 0 Å². The number of amides is 1. The largest absolute Gasteiger partial charge is 0.386 e. The quantitative estimate of drug-likeness (QED) is 0.654. The van der Waals surface area contributed by atoms with Gasteiger partial charge in [0.05, 0.1) is 12.3 Å². The molecule has 2 aromatic rings. The average molecular weight is 317 g/mol. The number of benzene rings is 2. The van der Waals surface area contributed by atoms with E-state index in [9.17, 15) is 4.79 Å². The average Bonchev–Trinajstić information content (AvgIpc) is 2.54. The molecule has 2 aromatic carbocycles. The molecule has 0 aliphatic heterocycles. The molecule has 0 heterocycles. The number of nitrogens with zero attached hydrogens (tertiary/aromatic N) is 1. The van der Waals surface area contributed by atoms with Crippen molar-refractivity contribution in [2.75, 3.05) is 6.61 Å². The lowest BCUT2D eigenvalue weighted by molar-refractivity contribution is -0.126. The third kappa shape index (κ3) is 5.22. The maximum atomic E-state index is 11.8. The highest BCUT2D eigenvalue weighted by molar-refractivity contribution is 6.30. The van der Waals surface area contributed by atoms with Crippen molar-refractivity contribution in [2.24, 2.45) is 5.16 Å². The molecular formula is C17H17ClN2O2. The van der Waals surface area contributed by atoms with Gasteiger partial charge in [0.15, 0.2) is 6.61 Å². The molecule has 0 spiro atoms. The van der Waals surface area contributed by atoms with Crippen LogP contribution in [0.4, 0.5) is 0 Å². The van der Waals surface area contributed by atoms with Crippen molar-refractivity contribution in [3.63, 3.8) is 0 Å². The molecule has 0 radical (unpaired) electrons. The maximum Gasteiger partial charge on any atom is 0.261 e. The van der Waals surface area contributed by atoms with E-state index in [-0.39, 0.29) is 18.6 Å². The first-order valence-corrected chi connectivity index (χ1v) is 7.28. The van der Waals surface area contributed by atoms with E-state index in [0.29, 0.717) is 5.02 Å². The molecule has 4 nitrogen and oxygen atoms in total. The summed E-state index contributed by atoms with van der Waals surface area (Å²) in [6, 6.07) is 16.8. The summed E-state index contributed by atoms with van der Waals surface area (Å²) in [5.74, 6) is -0.218. The molecule has 22 heavy (non-hydrogen) atoms. The second-order valence-electron chi connectivity index (χ2n) is 4.76. The van der Waals surface area contributed by atoms with E-state index in [4.69, 9.17) is 16.4 Å². The molecule has 114 valence electrons. The summed E-state index contributed by atoms with van der Waals surface area (Å²) in [4.78, 5) is 16.7. The Morgan fingerprint density at radius 3 is 2.59 bits per heavy atom. The fourth-order valence-electron chi connectivity index (χ4n) is 1.85. The van der Waals surface area contributed by atoms with Crippen LogP contribution in [0, 0.1) is 0 Å². The van der Waals surface area contributed by atoms with Crippen LogP contribution in [-0.2, 0) is 9.63 Å². The molecule has 1 unspecified atom stereocenters. The topological polar surface area (TPSA) is 50.7 Å². The summed E-state index contributed by atoms with van der Waals surface area (Å²) in [5, 5.41) is 7.27. The first-order valence-electron chi connectivity index (χ1n) is 6.90. The summed E-state index contributed by atoms with van der Waals surface area (Å²) in [6.07, 6.45) is 1.53. The van der Waals surface area contributed by atoms with Gasteiger partial charge in [-0.05, 0) is 30.2 Å². The fourth-order valence-corrected chi connectivity index (χ4v) is 1.98. The molecular weight excluding hydrogens is 300 g/mol. The predicted molar refractivity (Wildman–Crippen MR) is 88.0 cm³/mol. The van der Waals surface area contributed by atoms with Gasteiger partial charge in [0.1, 0.15) is 0 Å². The number of nitrogens with one attached hydrogen (secondary N) is 1. The van der Waals surface area contributed by atoms with Crippen molar-refractivity contribution in [2.45, 2.75) is 13.0 Å². The lowest BCUT2D eigenvalue weighted by Gasteiger charge is -2.13. The Kier molecular flexibility index (Phi) is 5.98. The number of oxime groups is 1. The number of hydrogen-bond acceptors (Lipinski definition) is 3. The zero-order valence-corrected chi connectivity index (χ0v) is 13.0. The molecule has 2 rings (SSSR count). The minimum Gasteiger partial charge on any atom is -0.386 e. The van der Waals surface area contributed by atoms with Crippen LogP contribution in [0.5, 0.6) is 0 Å². The van der Waals surface area contributed by atoms with Crippen molar-refractivity contribution in [3.8, 4) is 0 Å². The molecule has 5 heteroatoms. The summed E-state index contributed by atoms with van der Waals surface area (Å²) in [7, 11) is 0. The van der Waals surface area contributed by atoms with Crippen LogP contribution < -0.4 is 5.32 Å². The molecule has 1 N–H and O–H groups in total. The minimum absolute atomic E-state index is 0.0717. The highest BCUT2D eigenvalue weighted by atomic mass is 35.5. The minimum atomic E-state index is -0.218. The van der Waals surface area contributed by atoms with Crippen LogP contribution >= 0.6 is 11.6 Å². The van der Waals surface area contributed by atoms with Gasteiger partial charge in [-0.2, -0.15) is 0 Å². The summed E-state index contributed by atoms with van der Waals surface area (Å²) >= 11 is 5.78. The zero-order chi connectivity index (χ0) is 15.8. The van der Waals surface area contributed by atoms with E-state index in [1.807, 2.05) is 49.4 Å². The summed E-state index contributed by atoms with van der Waals surface area (Å²) < 4.78 is 0. The van der Waals surface area contributed by atoms with E-state index >= 15 is 0 Å². The van der Waals surface area contributed by atoms with Gasteiger partial charge in [0.2, 0.25) is 0 Å². The van der Waals surface area contributed by atoms with Gasteiger partial charge in [-0.1, -0.05) is 59.2 Å². The molecule has 1 atom stereocenters. The van der Waals surface area contributed by atoms with Gasteiger partial charge in [0, 0.05) is 5.02 Å². The van der Waals surface area contributed by atoms with Gasteiger partial charge in [-0.3, -0.25) is 4.79 Å². The first kappa shape index (κ1) is 16.0. The SMILES string of the molecule is CC(NC(=O)CO/N=C/c1ccc(Cl)cc1)c1ccccc1. The van der Waals surface area contributed by atoms with E-state index < -0.39 is 0 Å². The van der Waals surface area contributed by atoms with Gasteiger partial charge < -0.3 is 10.2 Å². The molecule has 0 aliphatic carbocycles. The summed E-state index contributed by atoms with van der Waals surface area (Å²) in [5.41, 5.74) is 1.89. The lowest BCUT2D eigenvalue weighted by atomic mass is 10.1. The van der Waals surface area contributed by atoms with Gasteiger partial charge in [-0.15, -0.1) is 0 Å². The Labute approximate surface area is 134 Å². The van der Waals surface area contributed by atoms with E-state index in [1.165, 1.54) is 6.21 Å². The molecule has 0 saturated carbocycles. The van der Waals surface area contributed by atoms with Crippen LogP contribution in [0.15, 0.2) is 59.8 Å². The Hall–Kier alpha value is -2.33. The normalized spacial score (nSPS) is 12.1. The first-order chi connectivity index (χ1) is 10.6. The van der Waals surface area contributed by atoms with Crippen LogP contribution in [-0.4, -0.2) is 18.7 Å². The van der Waals surface area contributed by atoms with Crippen LogP contribution in [0.25, 0.3) is 0 Å². The van der Waals surface area contributed by atoms with Crippen molar-refractivity contribution in [3.05, 3.63) is 70.7 Å². The van der Waals surface area contributed by atoms with Gasteiger partial charge in [0.25, 0.3) is 5.91 Å². The number of carbonyl (C=O) groups excluding carboxylic acids is 1. The standard InChI is InChI=1S/C17H17ClN2O2/c1-13(15-5-3-2-4-6-15)20-17(21)12-22-19-11-14-7-9-16(18)10-8-14/h2-11,13H,12H2,1H3,(H,20,21)/b19-11+. The third-order valence-electron chi connectivity index (χ3n) is 3.02. The van der Waals surface area contributed by atoms with Crippen molar-refractivity contribution in [1.82, 2.24) is 5.32 Å². The number of carbonyl (C=O) groups is 1. The summed E-state index contributed by atoms with van der Waals surface area (Å²) in [6.45, 7) is 1.80. The van der Waals surface area contributed by atoms with Crippen LogP contribution in [0.3, 0.4) is 0 Å². The van der Waals surface area contributed by atoms with E-state index in [0.717, 1.165) is 11.1 Å². The molecule has 1 amide bonds. The third-order valence-corrected chi connectivity index (χ3v) is 3.27. The van der Waals surface area contributed by atoms with Crippen LogP contribution in [0.2, 0.25) is 5.02 Å². The van der Waals surface area contributed by atoms with E-state index in [1.54, 1.807) is 12.1 Å². The van der Waals surface area contributed by atoms with Gasteiger partial charge in [-0.25, -0.2) is 0 Å². The highest BCUT2D eigenvalue weighted by Gasteiger charge is 2.08. The van der Waals surface area contributed by atoms with E-state index in [2.05, 4.69) is 10.5 Å². The number of rotatable bonds is 6. The van der Waals surface area contributed by atoms with Crippen LogP contribution in [0.1, 0.15) is 24.1 Å². The Balaban J connectivity index is 1.75. The molecule has 0 aliphatic rings. The number of hydrogen-bond donors (Lipinski definition) is 1. The Morgan fingerprint density at radius 2 is 1.91 bits per heavy atom. The monoisotopic (exact) mass is 316 g/mol. The predicted octanol–water partition coefficient (Wildman–Crippen LogP) is 3.57. The van der Waals surface area contributed by atoms with Crippen molar-refractivity contribution < 1.29 is 9.63 Å². The lowest BCUT2D eigenvalue weighted by Crippen LogP contribution is -2.29. The Bertz CT molecular complexity index is 627. The number of halogens is 1. The fraction of sp³-hybridized carbons (Fsp3) is 0.176.